The molecular weight excluding hydrogens is 564 g/mol. The largest absolute Gasteiger partial charge is 0.389 e. The Morgan fingerprint density at radius 2 is 1.85 bits per heavy atom. The van der Waals surface area contributed by atoms with Gasteiger partial charge in [-0.15, -0.1) is 0 Å². The van der Waals surface area contributed by atoms with Crippen LogP contribution in [-0.2, 0) is 10.1 Å². The number of nitrogens with zero attached hydrogens (tertiary/aromatic N) is 3. The maximum atomic E-state index is 14.4. The lowest BCUT2D eigenvalue weighted by Gasteiger charge is -2.15. The fraction of sp³-hybridized carbons (Fsp3) is 0.393. The standard InChI is InChI=1S/C28H30F4N4O4S/c1-4-7-22(5-2)34-27(37)25-18(3)26(36(35-25)23-15-19(17-33)14-21(29)16-23)20-8-10-24(11-9-20)40-41(38,39)13-6-12-28(30,31)32/h8-11,14-16,22H,4-7,12-13H2,1-3H3,(H,34,37). The van der Waals surface area contributed by atoms with Crippen LogP contribution in [0.3, 0.4) is 0 Å². The molecule has 0 saturated heterocycles. The highest BCUT2D eigenvalue weighted by Gasteiger charge is 2.28. The number of nitriles is 1. The summed E-state index contributed by atoms with van der Waals surface area (Å²) < 4.78 is 82.1. The van der Waals surface area contributed by atoms with Gasteiger partial charge >= 0.3 is 16.3 Å². The summed E-state index contributed by atoms with van der Waals surface area (Å²) in [5, 5.41) is 16.8. The summed E-state index contributed by atoms with van der Waals surface area (Å²) in [6, 6.07) is 11.0. The molecule has 0 aliphatic carbocycles. The predicted octanol–water partition coefficient (Wildman–Crippen LogP) is 6.22. The van der Waals surface area contributed by atoms with Gasteiger partial charge in [-0.1, -0.05) is 20.3 Å². The van der Waals surface area contributed by atoms with Gasteiger partial charge in [0, 0.05) is 23.6 Å². The highest BCUT2D eigenvalue weighted by Crippen LogP contribution is 2.31. The minimum Gasteiger partial charge on any atom is -0.382 e. The molecule has 2 aromatic carbocycles. The highest BCUT2D eigenvalue weighted by molar-refractivity contribution is 7.87. The summed E-state index contributed by atoms with van der Waals surface area (Å²) in [5.41, 5.74) is 1.60. The van der Waals surface area contributed by atoms with Gasteiger partial charge in [0.05, 0.1) is 28.8 Å². The van der Waals surface area contributed by atoms with Crippen LogP contribution in [0.2, 0.25) is 0 Å². The Labute approximate surface area is 236 Å². The molecule has 1 unspecified atom stereocenters. The van der Waals surface area contributed by atoms with Gasteiger partial charge in [-0.3, -0.25) is 4.79 Å². The van der Waals surface area contributed by atoms with Gasteiger partial charge in [-0.05, 0) is 68.7 Å². The number of amides is 1. The molecule has 1 aromatic heterocycles. The topological polar surface area (TPSA) is 114 Å². The van der Waals surface area contributed by atoms with Crippen LogP contribution in [0.4, 0.5) is 17.6 Å². The number of nitrogens with one attached hydrogen (secondary N) is 1. The van der Waals surface area contributed by atoms with Gasteiger partial charge < -0.3 is 9.50 Å². The molecule has 8 nitrogen and oxygen atoms in total. The quantitative estimate of drug-likeness (QED) is 0.197. The first-order valence-corrected chi connectivity index (χ1v) is 14.6. The molecule has 0 bridgehead atoms. The van der Waals surface area contributed by atoms with E-state index < -0.39 is 46.6 Å². The molecule has 0 aliphatic heterocycles. The highest BCUT2D eigenvalue weighted by atomic mass is 32.2. The molecule has 3 rings (SSSR count). The first-order valence-electron chi connectivity index (χ1n) is 13.0. The van der Waals surface area contributed by atoms with Gasteiger partial charge in [0.2, 0.25) is 0 Å². The number of hydrogen-bond donors (Lipinski definition) is 1. The van der Waals surface area contributed by atoms with E-state index in [-0.39, 0.29) is 28.7 Å². The van der Waals surface area contributed by atoms with E-state index in [0.29, 0.717) is 23.2 Å². The second kappa shape index (κ2) is 13.2. The molecule has 0 spiro atoms. The first kappa shape index (κ1) is 31.6. The summed E-state index contributed by atoms with van der Waals surface area (Å²) in [6.45, 7) is 5.62. The molecule has 1 heterocycles. The van der Waals surface area contributed by atoms with Crippen LogP contribution in [0.5, 0.6) is 5.75 Å². The molecule has 0 saturated carbocycles. The van der Waals surface area contributed by atoms with Crippen molar-refractivity contribution in [3.05, 3.63) is 65.1 Å². The van der Waals surface area contributed by atoms with Crippen LogP contribution >= 0.6 is 0 Å². The summed E-state index contributed by atoms with van der Waals surface area (Å²) in [6.07, 6.45) is -4.02. The minimum atomic E-state index is -4.48. The Kier molecular flexibility index (Phi) is 10.1. The van der Waals surface area contributed by atoms with Gasteiger partial charge in [-0.25, -0.2) is 9.07 Å². The molecule has 1 N–H and O–H groups in total. The molecular formula is C28H30F4N4O4S. The zero-order valence-electron chi connectivity index (χ0n) is 22.8. The van der Waals surface area contributed by atoms with Gasteiger partial charge in [0.25, 0.3) is 5.91 Å². The number of alkyl halides is 3. The second-order valence-corrected chi connectivity index (χ2v) is 11.2. The Balaban J connectivity index is 2.00. The first-order chi connectivity index (χ1) is 19.3. The van der Waals surface area contributed by atoms with Gasteiger partial charge in [0.15, 0.2) is 5.69 Å². The fourth-order valence-electron chi connectivity index (χ4n) is 4.28. The van der Waals surface area contributed by atoms with Crippen LogP contribution in [0.15, 0.2) is 42.5 Å². The Hall–Kier alpha value is -3.92. The van der Waals surface area contributed by atoms with Crippen molar-refractivity contribution in [2.75, 3.05) is 5.75 Å². The van der Waals surface area contributed by atoms with Crippen LogP contribution in [0, 0.1) is 24.1 Å². The number of hydrogen-bond acceptors (Lipinski definition) is 6. The summed E-state index contributed by atoms with van der Waals surface area (Å²) in [5.74, 6) is -2.04. The Bertz CT molecular complexity index is 1530. The third-order valence-corrected chi connectivity index (χ3v) is 7.50. The second-order valence-electron chi connectivity index (χ2n) is 9.50. The number of carbonyl (C=O) groups is 1. The number of carbonyl (C=O) groups excluding carboxylic acids is 1. The lowest BCUT2D eigenvalue weighted by molar-refractivity contribution is -0.134. The average Bonchev–Trinajstić information content (AvgIpc) is 3.24. The van der Waals surface area contributed by atoms with Gasteiger partial charge in [0.1, 0.15) is 11.6 Å². The van der Waals surface area contributed by atoms with E-state index in [1.165, 1.54) is 35.0 Å². The minimum absolute atomic E-state index is 0.0403. The average molecular weight is 595 g/mol. The van der Waals surface area contributed by atoms with Crippen molar-refractivity contribution >= 4 is 16.0 Å². The Morgan fingerprint density at radius 3 is 2.44 bits per heavy atom. The van der Waals surface area contributed by atoms with E-state index in [1.807, 2.05) is 19.9 Å². The van der Waals surface area contributed by atoms with Crippen molar-refractivity contribution in [2.45, 2.75) is 65.1 Å². The van der Waals surface area contributed by atoms with E-state index in [9.17, 15) is 36.0 Å². The number of halogens is 4. The van der Waals surface area contributed by atoms with E-state index >= 15 is 0 Å². The van der Waals surface area contributed by atoms with E-state index in [2.05, 4.69) is 10.4 Å². The zero-order valence-corrected chi connectivity index (χ0v) is 23.6. The zero-order chi connectivity index (χ0) is 30.4. The van der Waals surface area contributed by atoms with Crippen LogP contribution < -0.4 is 9.50 Å². The Morgan fingerprint density at radius 1 is 1.17 bits per heavy atom. The summed E-state index contributed by atoms with van der Waals surface area (Å²) in [4.78, 5) is 13.2. The molecule has 1 amide bonds. The molecule has 0 fully saturated rings. The van der Waals surface area contributed by atoms with Crippen LogP contribution in [0.25, 0.3) is 16.9 Å². The van der Waals surface area contributed by atoms with Crippen molar-refractivity contribution in [3.63, 3.8) is 0 Å². The van der Waals surface area contributed by atoms with Crippen LogP contribution in [0.1, 0.15) is 67.6 Å². The molecule has 1 atom stereocenters. The van der Waals surface area contributed by atoms with Crippen molar-refractivity contribution in [3.8, 4) is 28.8 Å². The smallest absolute Gasteiger partial charge is 0.382 e. The SMILES string of the molecule is CCCC(CC)NC(=O)c1nn(-c2cc(F)cc(C#N)c2)c(-c2ccc(OS(=O)(=O)CCCC(F)(F)F)cc2)c1C. The summed E-state index contributed by atoms with van der Waals surface area (Å²) >= 11 is 0. The third kappa shape index (κ3) is 8.53. The molecule has 3 aromatic rings. The van der Waals surface area contributed by atoms with E-state index in [1.54, 1.807) is 6.92 Å². The van der Waals surface area contributed by atoms with Crippen LogP contribution in [-0.4, -0.2) is 42.1 Å². The number of rotatable bonds is 12. The number of aromatic nitrogens is 2. The maximum Gasteiger partial charge on any atom is 0.389 e. The number of benzene rings is 2. The summed E-state index contributed by atoms with van der Waals surface area (Å²) in [7, 11) is -4.28. The molecule has 41 heavy (non-hydrogen) atoms. The van der Waals surface area contributed by atoms with E-state index in [0.717, 1.165) is 25.0 Å². The monoisotopic (exact) mass is 594 g/mol. The normalized spacial score (nSPS) is 12.5. The lowest BCUT2D eigenvalue weighted by Crippen LogP contribution is -2.34. The molecule has 0 aliphatic rings. The molecule has 220 valence electrons. The predicted molar refractivity (Wildman–Crippen MR) is 145 cm³/mol. The fourth-order valence-corrected chi connectivity index (χ4v) is 5.27. The van der Waals surface area contributed by atoms with Crippen molar-refractivity contribution in [1.82, 2.24) is 15.1 Å². The molecule has 0 radical (unpaired) electrons. The molecule has 13 heteroatoms. The lowest BCUT2D eigenvalue weighted by atomic mass is 10.0. The van der Waals surface area contributed by atoms with Crippen molar-refractivity contribution in [1.29, 1.82) is 5.26 Å². The maximum absolute atomic E-state index is 14.4. The third-order valence-electron chi connectivity index (χ3n) is 6.26. The van der Waals surface area contributed by atoms with Crippen molar-refractivity contribution in [2.24, 2.45) is 0 Å². The van der Waals surface area contributed by atoms with E-state index in [4.69, 9.17) is 4.18 Å². The van der Waals surface area contributed by atoms with Crippen molar-refractivity contribution < 1.29 is 35.0 Å². The van der Waals surface area contributed by atoms with Gasteiger partial charge in [-0.2, -0.15) is 31.9 Å².